The van der Waals surface area contributed by atoms with Crippen molar-refractivity contribution in [1.29, 1.82) is 0 Å². The molecular weight excluding hydrogens is 340 g/mol. The van der Waals surface area contributed by atoms with E-state index in [9.17, 15) is 4.79 Å². The fraction of sp³-hybridized carbons (Fsp3) is 0.632. The largest absolute Gasteiger partial charge is 0.484 e. The number of nitrogens with zero attached hydrogens (tertiary/aromatic N) is 2. The summed E-state index contributed by atoms with van der Waals surface area (Å²) in [6, 6.07) is 7.63. The van der Waals surface area contributed by atoms with Gasteiger partial charge in [0.25, 0.3) is 5.91 Å². The molecule has 0 spiro atoms. The molecule has 1 amide bonds. The van der Waals surface area contributed by atoms with Crippen molar-refractivity contribution in [2.45, 2.75) is 44.9 Å². The number of morpholine rings is 1. The van der Waals surface area contributed by atoms with E-state index in [1.54, 1.807) is 24.3 Å². The van der Waals surface area contributed by atoms with E-state index in [2.05, 4.69) is 18.7 Å². The highest BCUT2D eigenvalue weighted by molar-refractivity contribution is 6.30. The molecule has 25 heavy (non-hydrogen) atoms. The van der Waals surface area contributed by atoms with Crippen LogP contribution < -0.4 is 4.74 Å². The lowest BCUT2D eigenvalue weighted by Gasteiger charge is -2.43. The van der Waals surface area contributed by atoms with E-state index in [4.69, 9.17) is 21.1 Å². The van der Waals surface area contributed by atoms with Crippen molar-refractivity contribution in [2.75, 3.05) is 32.8 Å². The summed E-state index contributed by atoms with van der Waals surface area (Å²) >= 11 is 5.85. The fourth-order valence-electron chi connectivity index (χ4n) is 3.76. The normalized spacial score (nSPS) is 25.8. The van der Waals surface area contributed by atoms with Gasteiger partial charge in [0, 0.05) is 37.2 Å². The predicted octanol–water partition coefficient (Wildman–Crippen LogP) is 2.82. The Kier molecular flexibility index (Phi) is 6.20. The number of carbonyl (C=O) groups is 1. The van der Waals surface area contributed by atoms with E-state index in [0.717, 1.165) is 39.0 Å². The van der Waals surface area contributed by atoms with E-state index in [1.165, 1.54) is 0 Å². The Hall–Kier alpha value is -1.30. The average Bonchev–Trinajstić information content (AvgIpc) is 2.60. The van der Waals surface area contributed by atoms with Crippen LogP contribution in [0.2, 0.25) is 5.02 Å². The Morgan fingerprint density at radius 2 is 1.76 bits per heavy atom. The maximum atomic E-state index is 12.4. The zero-order valence-electron chi connectivity index (χ0n) is 15.0. The van der Waals surface area contributed by atoms with Crippen LogP contribution in [0.15, 0.2) is 24.3 Å². The van der Waals surface area contributed by atoms with Gasteiger partial charge in [-0.15, -0.1) is 0 Å². The summed E-state index contributed by atoms with van der Waals surface area (Å²) in [5.41, 5.74) is 0. The van der Waals surface area contributed by atoms with Gasteiger partial charge in [0.1, 0.15) is 5.75 Å². The van der Waals surface area contributed by atoms with E-state index in [1.807, 2.05) is 4.90 Å². The topological polar surface area (TPSA) is 42.0 Å². The first-order valence-corrected chi connectivity index (χ1v) is 9.44. The van der Waals surface area contributed by atoms with E-state index in [-0.39, 0.29) is 24.7 Å². The SMILES string of the molecule is C[C@@H]1CN(C2CCN(C(=O)COc3ccc(Cl)cc3)CC2)C[C@@H](C)O1. The van der Waals surface area contributed by atoms with Crippen LogP contribution in [0.25, 0.3) is 0 Å². The van der Waals surface area contributed by atoms with E-state index < -0.39 is 0 Å². The predicted molar refractivity (Wildman–Crippen MR) is 98.1 cm³/mol. The highest BCUT2D eigenvalue weighted by Crippen LogP contribution is 2.22. The van der Waals surface area contributed by atoms with Crippen LogP contribution in [-0.2, 0) is 9.53 Å². The number of hydrogen-bond donors (Lipinski definition) is 0. The van der Waals surface area contributed by atoms with Gasteiger partial charge in [-0.05, 0) is 51.0 Å². The summed E-state index contributed by atoms with van der Waals surface area (Å²) in [4.78, 5) is 16.8. The van der Waals surface area contributed by atoms with Crippen LogP contribution >= 0.6 is 11.6 Å². The molecule has 0 radical (unpaired) electrons. The molecule has 1 aromatic rings. The number of rotatable bonds is 4. The standard InChI is InChI=1S/C19H27ClN2O3/c1-14-11-22(12-15(2)25-14)17-7-9-21(10-8-17)19(23)13-24-18-5-3-16(20)4-6-18/h3-6,14-15,17H,7-13H2,1-2H3/t14-,15-/m1/s1. The van der Waals surface area contributed by atoms with Crippen LogP contribution in [-0.4, -0.2) is 66.7 Å². The molecule has 0 saturated carbocycles. The van der Waals surface area contributed by atoms with Crippen molar-refractivity contribution in [2.24, 2.45) is 0 Å². The third-order valence-electron chi connectivity index (χ3n) is 4.96. The maximum Gasteiger partial charge on any atom is 0.260 e. The van der Waals surface area contributed by atoms with E-state index in [0.29, 0.717) is 16.8 Å². The molecule has 0 bridgehead atoms. The molecule has 0 aliphatic carbocycles. The highest BCUT2D eigenvalue weighted by atomic mass is 35.5. The minimum absolute atomic E-state index is 0.0529. The Bertz CT molecular complexity index is 563. The summed E-state index contributed by atoms with van der Waals surface area (Å²) in [6.45, 7) is 7.93. The number of ether oxygens (including phenoxy) is 2. The smallest absolute Gasteiger partial charge is 0.260 e. The molecule has 6 heteroatoms. The average molecular weight is 367 g/mol. The highest BCUT2D eigenvalue weighted by Gasteiger charge is 2.31. The van der Waals surface area contributed by atoms with Crippen LogP contribution in [0.3, 0.4) is 0 Å². The summed E-state index contributed by atoms with van der Waals surface area (Å²) in [5.74, 6) is 0.723. The second-order valence-corrected chi connectivity index (χ2v) is 7.50. The Labute approximate surface area is 154 Å². The number of halogens is 1. The van der Waals surface area contributed by atoms with Gasteiger partial charge in [0.05, 0.1) is 12.2 Å². The zero-order chi connectivity index (χ0) is 17.8. The second kappa shape index (κ2) is 8.39. The van der Waals surface area contributed by atoms with E-state index >= 15 is 0 Å². The Morgan fingerprint density at radius 1 is 1.16 bits per heavy atom. The van der Waals surface area contributed by atoms with Gasteiger partial charge in [-0.3, -0.25) is 9.69 Å². The second-order valence-electron chi connectivity index (χ2n) is 7.07. The van der Waals surface area contributed by atoms with Gasteiger partial charge in [0.2, 0.25) is 0 Å². The molecule has 0 unspecified atom stereocenters. The van der Waals surface area contributed by atoms with Gasteiger partial charge in [-0.1, -0.05) is 11.6 Å². The van der Waals surface area contributed by atoms with Crippen LogP contribution in [0.5, 0.6) is 5.75 Å². The Balaban J connectivity index is 1.43. The third-order valence-corrected chi connectivity index (χ3v) is 5.21. The molecule has 0 N–H and O–H groups in total. The quantitative estimate of drug-likeness (QED) is 0.821. The lowest BCUT2D eigenvalue weighted by atomic mass is 10.0. The van der Waals surface area contributed by atoms with Gasteiger partial charge in [0.15, 0.2) is 6.61 Å². The monoisotopic (exact) mass is 366 g/mol. The molecular formula is C19H27ClN2O3. The summed E-state index contributed by atoms with van der Waals surface area (Å²) in [5, 5.41) is 0.660. The Morgan fingerprint density at radius 3 is 2.36 bits per heavy atom. The summed E-state index contributed by atoms with van der Waals surface area (Å²) < 4.78 is 11.4. The molecule has 2 fully saturated rings. The third kappa shape index (κ3) is 5.09. The van der Waals surface area contributed by atoms with Crippen LogP contribution in [0, 0.1) is 0 Å². The van der Waals surface area contributed by atoms with Crippen molar-refractivity contribution >= 4 is 17.5 Å². The van der Waals surface area contributed by atoms with Crippen molar-refractivity contribution < 1.29 is 14.3 Å². The van der Waals surface area contributed by atoms with Gasteiger partial charge in [-0.2, -0.15) is 0 Å². The fourth-order valence-corrected chi connectivity index (χ4v) is 3.89. The first-order valence-electron chi connectivity index (χ1n) is 9.07. The minimum atomic E-state index is 0.0529. The molecule has 2 aliphatic heterocycles. The van der Waals surface area contributed by atoms with Gasteiger partial charge < -0.3 is 14.4 Å². The molecule has 2 heterocycles. The number of amides is 1. The zero-order valence-corrected chi connectivity index (χ0v) is 15.7. The molecule has 5 nitrogen and oxygen atoms in total. The number of carbonyl (C=O) groups excluding carboxylic acids is 1. The van der Waals surface area contributed by atoms with Gasteiger partial charge >= 0.3 is 0 Å². The van der Waals surface area contributed by atoms with Gasteiger partial charge in [-0.25, -0.2) is 0 Å². The molecule has 138 valence electrons. The summed E-state index contributed by atoms with van der Waals surface area (Å²) in [7, 11) is 0. The summed E-state index contributed by atoms with van der Waals surface area (Å²) in [6.07, 6.45) is 2.62. The van der Waals surface area contributed by atoms with Crippen LogP contribution in [0.4, 0.5) is 0 Å². The molecule has 3 rings (SSSR count). The molecule has 2 saturated heterocycles. The first-order chi connectivity index (χ1) is 12.0. The number of benzene rings is 1. The molecule has 2 aliphatic rings. The van der Waals surface area contributed by atoms with Crippen molar-refractivity contribution in [1.82, 2.24) is 9.80 Å². The minimum Gasteiger partial charge on any atom is -0.484 e. The van der Waals surface area contributed by atoms with Crippen molar-refractivity contribution in [3.8, 4) is 5.75 Å². The lowest BCUT2D eigenvalue weighted by Crippen LogP contribution is -2.54. The number of likely N-dealkylation sites (tertiary alicyclic amines) is 1. The number of hydrogen-bond acceptors (Lipinski definition) is 4. The van der Waals surface area contributed by atoms with Crippen molar-refractivity contribution in [3.63, 3.8) is 0 Å². The molecule has 0 aromatic heterocycles. The number of piperidine rings is 1. The van der Waals surface area contributed by atoms with Crippen LogP contribution in [0.1, 0.15) is 26.7 Å². The first kappa shape index (κ1) is 18.5. The lowest BCUT2D eigenvalue weighted by molar-refractivity contribution is -0.136. The maximum absolute atomic E-state index is 12.4. The van der Waals surface area contributed by atoms with Crippen molar-refractivity contribution in [3.05, 3.63) is 29.3 Å². The molecule has 2 atom stereocenters. The molecule has 1 aromatic carbocycles.